The molecule has 0 spiro atoms. The van der Waals surface area contributed by atoms with Crippen LogP contribution in [0.5, 0.6) is 0 Å². The fraction of sp³-hybridized carbons (Fsp3) is 0.915. The van der Waals surface area contributed by atoms with Gasteiger partial charge < -0.3 is 9.47 Å². The largest absolute Gasteiger partial charge is 0.381 e. The van der Waals surface area contributed by atoms with E-state index in [0.717, 1.165) is 90.8 Å². The fourth-order valence-corrected chi connectivity index (χ4v) is 17.9. The van der Waals surface area contributed by atoms with Crippen LogP contribution in [0.15, 0.2) is 36.5 Å². The molecule has 0 bridgehead atoms. The van der Waals surface area contributed by atoms with E-state index in [1.807, 2.05) is 7.11 Å². The first-order valence-corrected chi connectivity index (χ1v) is 34.5. The zero-order valence-electron chi connectivity index (χ0n) is 49.5. The Morgan fingerprint density at radius 3 is 1.18 bits per heavy atom. The number of ether oxygens (including phenoxy) is 2. The van der Waals surface area contributed by atoms with Gasteiger partial charge in [-0.3, -0.25) is 4.90 Å². The minimum Gasteiger partial charge on any atom is -0.381 e. The Morgan fingerprint density at radius 2 is 0.716 bits per heavy atom. The van der Waals surface area contributed by atoms with E-state index in [4.69, 9.17) is 9.47 Å². The molecule has 8 aliphatic rings. The molecule has 74 heavy (non-hydrogen) atoms. The first kappa shape index (κ1) is 59.2. The summed E-state index contributed by atoms with van der Waals surface area (Å²) in [5.74, 6) is 9.30. The van der Waals surface area contributed by atoms with Crippen molar-refractivity contribution < 1.29 is 9.47 Å². The van der Waals surface area contributed by atoms with Crippen molar-refractivity contribution >= 4 is 0 Å². The standard InChI is InChI=1S/C71H123NO2/c1-4-6-8-10-11-12-13-21-53-74-71-55-65(70(73-3)54-66(71)42-33-57-24-19-15-20-25-57)41-34-60-31-39-62(40-32-60)64-45-51-69(52-46-64)72(67-47-35-58(36-48-67)26-16-9-7-5-2)68-49-43-63(44-50-68)61-37-29-59(30-38-61)28-27-56-22-17-14-18-23-56/h27-28,33-34,41-42,56-71H,4-26,29-32,35-40,43-55H2,1-3H3. The summed E-state index contributed by atoms with van der Waals surface area (Å²) in [4.78, 5) is 3.31. The molecule has 8 fully saturated rings. The normalized spacial score (nSPS) is 36.6. The molecule has 424 valence electrons. The second-order valence-corrected chi connectivity index (χ2v) is 27.9. The van der Waals surface area contributed by atoms with Crippen LogP contribution in [0.1, 0.15) is 303 Å². The summed E-state index contributed by atoms with van der Waals surface area (Å²) >= 11 is 0. The van der Waals surface area contributed by atoms with Crippen LogP contribution < -0.4 is 0 Å². The van der Waals surface area contributed by atoms with Crippen molar-refractivity contribution in [2.45, 2.75) is 333 Å². The molecule has 8 aliphatic carbocycles. The van der Waals surface area contributed by atoms with Crippen molar-refractivity contribution in [1.29, 1.82) is 0 Å². The lowest BCUT2D eigenvalue weighted by Crippen LogP contribution is -2.53. The van der Waals surface area contributed by atoms with Gasteiger partial charge in [-0.2, -0.15) is 0 Å². The Kier molecular flexibility index (Phi) is 26.9. The van der Waals surface area contributed by atoms with Crippen LogP contribution in [-0.2, 0) is 9.47 Å². The molecule has 0 N–H and O–H groups in total. The van der Waals surface area contributed by atoms with Gasteiger partial charge in [0.05, 0.1) is 12.2 Å². The lowest BCUT2D eigenvalue weighted by Gasteiger charge is -2.51. The highest BCUT2D eigenvalue weighted by molar-refractivity contribution is 5.07. The monoisotopic (exact) mass is 1020 g/mol. The number of rotatable bonds is 27. The number of allylic oxidation sites excluding steroid dienone is 4. The summed E-state index contributed by atoms with van der Waals surface area (Å²) < 4.78 is 13.2. The summed E-state index contributed by atoms with van der Waals surface area (Å²) in [6, 6.07) is 2.61. The van der Waals surface area contributed by atoms with Crippen molar-refractivity contribution in [1.82, 2.24) is 4.90 Å². The molecule has 0 aromatic rings. The number of hydrogen-bond acceptors (Lipinski definition) is 3. The van der Waals surface area contributed by atoms with Gasteiger partial charge in [-0.1, -0.05) is 166 Å². The average molecular weight is 1020 g/mol. The highest BCUT2D eigenvalue weighted by Crippen LogP contribution is 2.47. The summed E-state index contributed by atoms with van der Waals surface area (Å²) in [5.41, 5.74) is 0. The van der Waals surface area contributed by atoms with Crippen LogP contribution in [0.2, 0.25) is 0 Å². The molecule has 3 nitrogen and oxygen atoms in total. The van der Waals surface area contributed by atoms with Gasteiger partial charge >= 0.3 is 0 Å². The Morgan fingerprint density at radius 1 is 0.351 bits per heavy atom. The topological polar surface area (TPSA) is 21.7 Å². The van der Waals surface area contributed by atoms with Gasteiger partial charge in [-0.15, -0.1) is 0 Å². The molecular weight excluding hydrogens is 899 g/mol. The second kappa shape index (κ2) is 33.6. The van der Waals surface area contributed by atoms with Crippen LogP contribution in [-0.4, -0.2) is 49.0 Å². The summed E-state index contributed by atoms with van der Waals surface area (Å²) in [7, 11) is 1.99. The van der Waals surface area contributed by atoms with Crippen LogP contribution in [0.4, 0.5) is 0 Å². The average Bonchev–Trinajstić information content (AvgIpc) is 3.46. The molecular formula is C71H123NO2. The second-order valence-electron chi connectivity index (χ2n) is 27.9. The maximum atomic E-state index is 6.90. The van der Waals surface area contributed by atoms with E-state index in [-0.39, 0.29) is 0 Å². The molecule has 0 aliphatic heterocycles. The number of unbranched alkanes of at least 4 members (excludes halogenated alkanes) is 10. The van der Waals surface area contributed by atoms with Crippen molar-refractivity contribution in [3.05, 3.63) is 36.5 Å². The quantitative estimate of drug-likeness (QED) is 0.0605. The summed E-state index contributed by atoms with van der Waals surface area (Å²) in [6.45, 7) is 5.63. The Labute approximate surface area is 460 Å². The lowest BCUT2D eigenvalue weighted by molar-refractivity contribution is -0.0598. The van der Waals surface area contributed by atoms with Crippen molar-refractivity contribution in [2.75, 3.05) is 13.7 Å². The predicted octanol–water partition coefficient (Wildman–Crippen LogP) is 20.9. The van der Waals surface area contributed by atoms with E-state index >= 15 is 0 Å². The molecule has 0 radical (unpaired) electrons. The fourth-order valence-electron chi connectivity index (χ4n) is 17.9. The van der Waals surface area contributed by atoms with Crippen molar-refractivity contribution in [3.63, 3.8) is 0 Å². The van der Waals surface area contributed by atoms with Gasteiger partial charge in [-0.05, 0) is 227 Å². The third-order valence-electron chi connectivity index (χ3n) is 22.8. The van der Waals surface area contributed by atoms with E-state index in [9.17, 15) is 0 Å². The van der Waals surface area contributed by atoms with Gasteiger partial charge in [0, 0.05) is 43.7 Å². The maximum absolute atomic E-state index is 6.90. The molecule has 0 amide bonds. The van der Waals surface area contributed by atoms with E-state index in [1.54, 1.807) is 0 Å². The molecule has 0 aromatic carbocycles. The highest BCUT2D eigenvalue weighted by atomic mass is 16.5. The van der Waals surface area contributed by atoms with Crippen molar-refractivity contribution in [2.24, 2.45) is 65.1 Å². The summed E-state index contributed by atoms with van der Waals surface area (Å²) in [5, 5.41) is 0. The highest BCUT2D eigenvalue weighted by Gasteiger charge is 2.41. The van der Waals surface area contributed by atoms with Gasteiger partial charge in [0.25, 0.3) is 0 Å². The number of hydrogen-bond donors (Lipinski definition) is 0. The maximum Gasteiger partial charge on any atom is 0.0645 e. The van der Waals surface area contributed by atoms with Gasteiger partial charge in [0.1, 0.15) is 0 Å². The Bertz CT molecular complexity index is 1510. The summed E-state index contributed by atoms with van der Waals surface area (Å²) in [6.07, 6.45) is 81.2. The number of nitrogens with zero attached hydrogens (tertiary/aromatic N) is 1. The van der Waals surface area contributed by atoms with Crippen molar-refractivity contribution in [3.8, 4) is 0 Å². The van der Waals surface area contributed by atoms with Crippen LogP contribution >= 0.6 is 0 Å². The molecule has 3 heteroatoms. The van der Waals surface area contributed by atoms with E-state index in [0.29, 0.717) is 24.0 Å². The first-order chi connectivity index (χ1) is 36.6. The number of methoxy groups -OCH3 is 1. The zero-order valence-corrected chi connectivity index (χ0v) is 49.5. The third kappa shape index (κ3) is 19.1. The molecule has 4 atom stereocenters. The SMILES string of the molecule is CCCCCCCCCCOC1CC(C=CC2CCC(C3CCC(N(C4CCC(CCCCCC)CC4)C4CCC(C5CCC(C=CC6CCCCC6)CC5)CC4)CC3)CC2)C(OC)CC1C=CC1CCCCC1. The minimum absolute atomic E-state index is 0.310. The molecule has 0 aromatic heterocycles. The molecule has 8 saturated carbocycles. The minimum atomic E-state index is 0.310. The lowest BCUT2D eigenvalue weighted by atomic mass is 9.68. The molecule has 0 saturated heterocycles. The Hall–Kier alpha value is -0.900. The van der Waals surface area contributed by atoms with Crippen LogP contribution in [0, 0.1) is 65.1 Å². The Balaban J connectivity index is 0.796. The smallest absolute Gasteiger partial charge is 0.0645 e. The first-order valence-electron chi connectivity index (χ1n) is 34.5. The van der Waals surface area contributed by atoms with Crippen LogP contribution in [0.3, 0.4) is 0 Å². The van der Waals surface area contributed by atoms with Crippen LogP contribution in [0.25, 0.3) is 0 Å². The predicted molar refractivity (Wildman–Crippen MR) is 319 cm³/mol. The molecule has 8 rings (SSSR count). The molecule has 0 heterocycles. The zero-order chi connectivity index (χ0) is 51.0. The van der Waals surface area contributed by atoms with E-state index in [2.05, 4.69) is 55.2 Å². The van der Waals surface area contributed by atoms with Gasteiger partial charge in [-0.25, -0.2) is 0 Å². The molecule has 4 unspecified atom stereocenters. The van der Waals surface area contributed by atoms with E-state index in [1.165, 1.54) is 276 Å². The van der Waals surface area contributed by atoms with E-state index < -0.39 is 0 Å². The van der Waals surface area contributed by atoms with Gasteiger partial charge in [0.2, 0.25) is 0 Å². The van der Waals surface area contributed by atoms with Gasteiger partial charge in [0.15, 0.2) is 0 Å². The third-order valence-corrected chi connectivity index (χ3v) is 22.8.